The SMILES string of the molecule is CN(C)CCN1C(=O)C(=O)C(=C(O)c2ccncc2)C1c1cccc(Oc2ccccc2)c1. The van der Waals surface area contributed by atoms with Crippen molar-refractivity contribution in [2.24, 2.45) is 0 Å². The molecule has 0 bridgehead atoms. The van der Waals surface area contributed by atoms with Crippen LogP contribution in [0.1, 0.15) is 17.2 Å². The van der Waals surface area contributed by atoms with Gasteiger partial charge in [-0.25, -0.2) is 0 Å². The van der Waals surface area contributed by atoms with Gasteiger partial charge in [0.05, 0.1) is 11.6 Å². The van der Waals surface area contributed by atoms with Crippen LogP contribution in [0.3, 0.4) is 0 Å². The highest BCUT2D eigenvalue weighted by Crippen LogP contribution is 2.40. The molecule has 2 heterocycles. The van der Waals surface area contributed by atoms with Crippen molar-refractivity contribution in [3.05, 3.63) is 95.8 Å². The Morgan fingerprint density at radius 1 is 1.00 bits per heavy atom. The largest absolute Gasteiger partial charge is 0.507 e. The number of aliphatic hydroxyl groups is 1. The summed E-state index contributed by atoms with van der Waals surface area (Å²) in [6.45, 7) is 0.901. The molecule has 0 aliphatic carbocycles. The fourth-order valence-corrected chi connectivity index (χ4v) is 3.80. The van der Waals surface area contributed by atoms with Crippen molar-refractivity contribution in [1.82, 2.24) is 14.8 Å². The van der Waals surface area contributed by atoms with Crippen LogP contribution in [0.4, 0.5) is 0 Å². The van der Waals surface area contributed by atoms with Gasteiger partial charge in [-0.3, -0.25) is 14.6 Å². The summed E-state index contributed by atoms with van der Waals surface area (Å²) in [5.41, 5.74) is 1.16. The molecule has 0 saturated carbocycles. The molecule has 3 aromatic rings. The van der Waals surface area contributed by atoms with E-state index in [9.17, 15) is 14.7 Å². The highest BCUT2D eigenvalue weighted by molar-refractivity contribution is 6.46. The van der Waals surface area contributed by atoms with Crippen molar-refractivity contribution < 1.29 is 19.4 Å². The van der Waals surface area contributed by atoms with Gasteiger partial charge in [-0.15, -0.1) is 0 Å². The van der Waals surface area contributed by atoms with E-state index < -0.39 is 17.7 Å². The Labute approximate surface area is 192 Å². The highest BCUT2D eigenvalue weighted by atomic mass is 16.5. The van der Waals surface area contributed by atoms with E-state index in [-0.39, 0.29) is 11.3 Å². The van der Waals surface area contributed by atoms with Crippen molar-refractivity contribution >= 4 is 17.4 Å². The maximum atomic E-state index is 13.1. The number of likely N-dealkylation sites (tertiary alicyclic amines) is 1. The quantitative estimate of drug-likeness (QED) is 0.339. The summed E-state index contributed by atoms with van der Waals surface area (Å²) in [5.74, 6) is -0.314. The average Bonchev–Trinajstić information content (AvgIpc) is 3.08. The Morgan fingerprint density at radius 2 is 1.70 bits per heavy atom. The molecule has 2 aromatic carbocycles. The van der Waals surface area contributed by atoms with E-state index in [0.29, 0.717) is 35.7 Å². The first-order valence-corrected chi connectivity index (χ1v) is 10.6. The van der Waals surface area contributed by atoms with Crippen LogP contribution in [0.25, 0.3) is 5.76 Å². The van der Waals surface area contributed by atoms with Gasteiger partial charge in [0.1, 0.15) is 17.3 Å². The zero-order valence-electron chi connectivity index (χ0n) is 18.5. The van der Waals surface area contributed by atoms with Crippen molar-refractivity contribution in [1.29, 1.82) is 0 Å². The molecule has 1 aromatic heterocycles. The van der Waals surface area contributed by atoms with E-state index in [1.807, 2.05) is 67.5 Å². The monoisotopic (exact) mass is 443 g/mol. The van der Waals surface area contributed by atoms with Crippen LogP contribution in [-0.2, 0) is 9.59 Å². The number of hydrogen-bond acceptors (Lipinski definition) is 6. The van der Waals surface area contributed by atoms with E-state index in [0.717, 1.165) is 0 Å². The maximum absolute atomic E-state index is 13.1. The smallest absolute Gasteiger partial charge is 0.295 e. The number of aromatic nitrogens is 1. The lowest BCUT2D eigenvalue weighted by atomic mass is 9.95. The molecule has 1 atom stereocenters. The Kier molecular flexibility index (Phi) is 6.51. The van der Waals surface area contributed by atoms with Gasteiger partial charge in [0, 0.05) is 31.0 Å². The Morgan fingerprint density at radius 3 is 2.39 bits per heavy atom. The summed E-state index contributed by atoms with van der Waals surface area (Å²) in [6.07, 6.45) is 3.06. The first-order valence-electron chi connectivity index (χ1n) is 10.6. The summed E-state index contributed by atoms with van der Waals surface area (Å²) >= 11 is 0. The summed E-state index contributed by atoms with van der Waals surface area (Å²) in [6, 6.07) is 19.1. The number of ketones is 1. The third-order valence-corrected chi connectivity index (χ3v) is 5.43. The van der Waals surface area contributed by atoms with E-state index in [1.54, 1.807) is 18.2 Å². The van der Waals surface area contributed by atoms with Gasteiger partial charge in [-0.05, 0) is 56.1 Å². The van der Waals surface area contributed by atoms with Crippen LogP contribution >= 0.6 is 0 Å². The molecule has 0 radical (unpaired) electrons. The Hall–Kier alpha value is -3.97. The van der Waals surface area contributed by atoms with Crippen molar-refractivity contribution in [3.63, 3.8) is 0 Å². The highest BCUT2D eigenvalue weighted by Gasteiger charge is 2.46. The van der Waals surface area contributed by atoms with E-state index in [2.05, 4.69) is 4.98 Å². The number of ether oxygens (including phenoxy) is 1. The number of carbonyl (C=O) groups excluding carboxylic acids is 2. The fourth-order valence-electron chi connectivity index (χ4n) is 3.80. The van der Waals surface area contributed by atoms with Crippen LogP contribution in [0.15, 0.2) is 84.7 Å². The van der Waals surface area contributed by atoms with Crippen LogP contribution in [0, 0.1) is 0 Å². The second-order valence-electron chi connectivity index (χ2n) is 8.02. The molecule has 1 fully saturated rings. The van der Waals surface area contributed by atoms with Crippen molar-refractivity contribution in [2.75, 3.05) is 27.2 Å². The molecule has 4 rings (SSSR count). The van der Waals surface area contributed by atoms with Crippen LogP contribution < -0.4 is 4.74 Å². The predicted molar refractivity (Wildman–Crippen MR) is 125 cm³/mol. The number of aliphatic hydroxyl groups excluding tert-OH is 1. The molecule has 1 aliphatic heterocycles. The number of nitrogens with zero attached hydrogens (tertiary/aromatic N) is 3. The van der Waals surface area contributed by atoms with E-state index in [1.165, 1.54) is 17.3 Å². The molecular formula is C26H25N3O4. The van der Waals surface area contributed by atoms with Gasteiger partial charge >= 0.3 is 0 Å². The summed E-state index contributed by atoms with van der Waals surface area (Å²) < 4.78 is 5.96. The average molecular weight is 444 g/mol. The minimum Gasteiger partial charge on any atom is -0.507 e. The van der Waals surface area contributed by atoms with Gasteiger partial charge in [0.2, 0.25) is 0 Å². The molecule has 7 heteroatoms. The number of amides is 1. The lowest BCUT2D eigenvalue weighted by Crippen LogP contribution is -2.35. The second kappa shape index (κ2) is 9.67. The van der Waals surface area contributed by atoms with Gasteiger partial charge in [0.15, 0.2) is 0 Å². The zero-order valence-corrected chi connectivity index (χ0v) is 18.5. The molecule has 1 amide bonds. The van der Waals surface area contributed by atoms with Gasteiger partial charge in [-0.2, -0.15) is 0 Å². The van der Waals surface area contributed by atoms with E-state index >= 15 is 0 Å². The first-order chi connectivity index (χ1) is 16.0. The number of Topliss-reactive ketones (excluding diaryl/α,β-unsaturated/α-hetero) is 1. The summed E-state index contributed by atoms with van der Waals surface area (Å²) in [5, 5.41) is 11.1. The molecule has 1 unspecified atom stereocenters. The minimum atomic E-state index is -0.738. The lowest BCUT2D eigenvalue weighted by Gasteiger charge is -2.26. The van der Waals surface area contributed by atoms with Gasteiger partial charge in [-0.1, -0.05) is 30.3 Å². The summed E-state index contributed by atoms with van der Waals surface area (Å²) in [7, 11) is 3.80. The molecule has 33 heavy (non-hydrogen) atoms. The van der Waals surface area contributed by atoms with Crippen molar-refractivity contribution in [2.45, 2.75) is 6.04 Å². The van der Waals surface area contributed by atoms with Gasteiger partial charge in [0.25, 0.3) is 11.7 Å². The molecular weight excluding hydrogens is 418 g/mol. The Balaban J connectivity index is 1.79. The van der Waals surface area contributed by atoms with Gasteiger partial charge < -0.3 is 19.6 Å². The number of hydrogen-bond donors (Lipinski definition) is 1. The normalized spacial score (nSPS) is 17.5. The molecule has 7 nitrogen and oxygen atoms in total. The fraction of sp³-hybridized carbons (Fsp3) is 0.192. The maximum Gasteiger partial charge on any atom is 0.295 e. The third kappa shape index (κ3) is 4.78. The number of likely N-dealkylation sites (N-methyl/N-ethyl adjacent to an activating group) is 1. The van der Waals surface area contributed by atoms with Crippen LogP contribution in [0.2, 0.25) is 0 Å². The first kappa shape index (κ1) is 22.2. The van der Waals surface area contributed by atoms with Crippen molar-refractivity contribution in [3.8, 4) is 11.5 Å². The number of para-hydroxylation sites is 1. The topological polar surface area (TPSA) is 83.0 Å². The predicted octanol–water partition coefficient (Wildman–Crippen LogP) is 3.86. The number of rotatable bonds is 7. The Bertz CT molecular complexity index is 1180. The number of carbonyl (C=O) groups is 2. The van der Waals surface area contributed by atoms with E-state index in [4.69, 9.17) is 4.74 Å². The lowest BCUT2D eigenvalue weighted by molar-refractivity contribution is -0.140. The molecule has 1 saturated heterocycles. The minimum absolute atomic E-state index is 0.0572. The third-order valence-electron chi connectivity index (χ3n) is 5.43. The molecule has 0 spiro atoms. The van der Waals surface area contributed by atoms with Crippen LogP contribution in [0.5, 0.6) is 11.5 Å². The molecule has 1 N–H and O–H groups in total. The second-order valence-corrected chi connectivity index (χ2v) is 8.02. The molecule has 168 valence electrons. The standard InChI is InChI=1S/C26H25N3O4/c1-28(2)15-16-29-23(19-7-6-10-21(17-19)33-20-8-4-3-5-9-20)22(25(31)26(29)32)24(30)18-11-13-27-14-12-18/h3-14,17,23,30H,15-16H2,1-2H3. The number of benzene rings is 2. The zero-order chi connectivity index (χ0) is 23.4. The number of pyridine rings is 1. The van der Waals surface area contributed by atoms with Crippen LogP contribution in [-0.4, -0.2) is 58.8 Å². The summed E-state index contributed by atoms with van der Waals surface area (Å²) in [4.78, 5) is 33.5. The molecule has 1 aliphatic rings.